The van der Waals surface area contributed by atoms with Gasteiger partial charge in [-0.2, -0.15) is 0 Å². The highest BCUT2D eigenvalue weighted by Crippen LogP contribution is 2.32. The molecule has 0 radical (unpaired) electrons. The van der Waals surface area contributed by atoms with Gasteiger partial charge in [0.2, 0.25) is 0 Å². The molecule has 1 aliphatic heterocycles. The summed E-state index contributed by atoms with van der Waals surface area (Å²) in [6.45, 7) is 2.76. The third kappa shape index (κ3) is 3.89. The summed E-state index contributed by atoms with van der Waals surface area (Å²) in [5.41, 5.74) is 2.44. The number of benzene rings is 2. The summed E-state index contributed by atoms with van der Waals surface area (Å²) in [6, 6.07) is 20.8. The lowest BCUT2D eigenvalue weighted by Crippen LogP contribution is -2.54. The molecule has 0 spiro atoms. The lowest BCUT2D eigenvalue weighted by Gasteiger charge is -2.44. The van der Waals surface area contributed by atoms with Gasteiger partial charge in [-0.3, -0.25) is 14.5 Å². The van der Waals surface area contributed by atoms with Gasteiger partial charge in [-0.1, -0.05) is 60.7 Å². The van der Waals surface area contributed by atoms with Gasteiger partial charge in [-0.05, 0) is 18.1 Å². The number of ether oxygens (including phenoxy) is 1. The molecule has 2 aromatic rings. The van der Waals surface area contributed by atoms with Crippen LogP contribution in [0.4, 0.5) is 0 Å². The van der Waals surface area contributed by atoms with Crippen molar-refractivity contribution in [2.24, 2.45) is 0 Å². The first-order valence-electron chi connectivity index (χ1n) is 8.16. The fourth-order valence-corrected chi connectivity index (χ4v) is 3.07. The van der Waals surface area contributed by atoms with Gasteiger partial charge < -0.3 is 4.74 Å². The summed E-state index contributed by atoms with van der Waals surface area (Å²) >= 11 is 0. The molecule has 1 fully saturated rings. The van der Waals surface area contributed by atoms with Crippen molar-refractivity contribution in [2.45, 2.75) is 25.5 Å². The Morgan fingerprint density at radius 2 is 1.50 bits per heavy atom. The number of rotatable bonds is 6. The number of esters is 1. The van der Waals surface area contributed by atoms with E-state index >= 15 is 0 Å². The van der Waals surface area contributed by atoms with Crippen molar-refractivity contribution in [1.82, 2.24) is 4.90 Å². The van der Waals surface area contributed by atoms with Crippen LogP contribution in [0.15, 0.2) is 60.7 Å². The van der Waals surface area contributed by atoms with Gasteiger partial charge in [-0.15, -0.1) is 0 Å². The van der Waals surface area contributed by atoms with E-state index < -0.39 is 5.97 Å². The largest absolute Gasteiger partial charge is 0.459 e. The van der Waals surface area contributed by atoms with Gasteiger partial charge in [0, 0.05) is 13.1 Å². The van der Waals surface area contributed by atoms with Crippen molar-refractivity contribution in [3.05, 3.63) is 71.8 Å². The molecule has 0 saturated carbocycles. The summed E-state index contributed by atoms with van der Waals surface area (Å²) in [5, 5.41) is 0. The molecular formula is C20H21NO3. The van der Waals surface area contributed by atoms with Crippen molar-refractivity contribution in [1.29, 1.82) is 0 Å². The minimum Gasteiger partial charge on any atom is -0.459 e. The summed E-state index contributed by atoms with van der Waals surface area (Å²) in [5.74, 6) is -0.592. The van der Waals surface area contributed by atoms with Crippen molar-refractivity contribution in [2.75, 3.05) is 13.1 Å². The van der Waals surface area contributed by atoms with Crippen molar-refractivity contribution in [3.63, 3.8) is 0 Å². The number of Topliss-reactive ketones (excluding diaryl/α,β-unsaturated/α-hetero) is 1. The Kier molecular flexibility index (Phi) is 5.06. The van der Waals surface area contributed by atoms with Gasteiger partial charge in [0.15, 0.2) is 0 Å². The molecule has 1 saturated heterocycles. The number of likely N-dealkylation sites (tertiary alicyclic amines) is 1. The number of hydrogen-bond donors (Lipinski definition) is 0. The van der Waals surface area contributed by atoms with Crippen LogP contribution in [0.5, 0.6) is 0 Å². The fraction of sp³-hybridized carbons (Fsp3) is 0.300. The second kappa shape index (κ2) is 7.41. The zero-order chi connectivity index (χ0) is 16.9. The Morgan fingerprint density at radius 1 is 1.00 bits per heavy atom. The highest BCUT2D eigenvalue weighted by Gasteiger charge is 2.36. The summed E-state index contributed by atoms with van der Waals surface area (Å²) in [6.07, 6.45) is -0.274. The Labute approximate surface area is 142 Å². The van der Waals surface area contributed by atoms with Gasteiger partial charge in [-0.25, -0.2) is 0 Å². The number of hydrogen-bond acceptors (Lipinski definition) is 4. The molecule has 1 aliphatic rings. The SMILES string of the molecule is CC(=O)CC(=O)OC1CN(C(c2ccccc2)c2ccccc2)C1. The van der Waals surface area contributed by atoms with Crippen molar-refractivity contribution in [3.8, 4) is 0 Å². The molecule has 0 bridgehead atoms. The van der Waals surface area contributed by atoms with Gasteiger partial charge in [0.1, 0.15) is 18.3 Å². The molecule has 0 N–H and O–H groups in total. The predicted molar refractivity (Wildman–Crippen MR) is 91.5 cm³/mol. The molecular weight excluding hydrogens is 302 g/mol. The monoisotopic (exact) mass is 323 g/mol. The van der Waals surface area contributed by atoms with E-state index in [4.69, 9.17) is 4.74 Å². The first-order chi connectivity index (χ1) is 11.6. The predicted octanol–water partition coefficient (Wildman–Crippen LogP) is 2.98. The van der Waals surface area contributed by atoms with E-state index in [-0.39, 0.29) is 24.3 Å². The van der Waals surface area contributed by atoms with E-state index in [0.717, 1.165) is 0 Å². The maximum atomic E-state index is 11.6. The molecule has 24 heavy (non-hydrogen) atoms. The third-order valence-corrected chi connectivity index (χ3v) is 4.16. The van der Waals surface area contributed by atoms with Crippen LogP contribution < -0.4 is 0 Å². The third-order valence-electron chi connectivity index (χ3n) is 4.16. The normalized spacial score (nSPS) is 15.1. The van der Waals surface area contributed by atoms with Crippen LogP contribution in [-0.4, -0.2) is 35.8 Å². The van der Waals surface area contributed by atoms with E-state index in [0.29, 0.717) is 13.1 Å². The summed E-state index contributed by atoms with van der Waals surface area (Å²) in [7, 11) is 0. The standard InChI is InChI=1S/C20H21NO3/c1-15(22)12-19(23)24-18-13-21(14-18)20(16-8-4-2-5-9-16)17-10-6-3-7-11-17/h2-11,18,20H,12-14H2,1H3. The number of nitrogens with zero attached hydrogens (tertiary/aromatic N) is 1. The molecule has 0 unspecified atom stereocenters. The molecule has 4 nitrogen and oxygen atoms in total. The molecule has 2 aromatic carbocycles. The Hall–Kier alpha value is -2.46. The number of carbonyl (C=O) groups is 2. The molecule has 124 valence electrons. The smallest absolute Gasteiger partial charge is 0.313 e. The minimum atomic E-state index is -0.428. The Morgan fingerprint density at radius 3 is 1.96 bits per heavy atom. The van der Waals surface area contributed by atoms with Crippen LogP contribution in [0.25, 0.3) is 0 Å². The highest BCUT2D eigenvalue weighted by molar-refractivity contribution is 5.94. The first kappa shape index (κ1) is 16.4. The van der Waals surface area contributed by atoms with Crippen LogP contribution in [0, 0.1) is 0 Å². The highest BCUT2D eigenvalue weighted by atomic mass is 16.5. The van der Waals surface area contributed by atoms with E-state index in [2.05, 4.69) is 29.2 Å². The average molecular weight is 323 g/mol. The average Bonchev–Trinajstić information content (AvgIpc) is 2.54. The van der Waals surface area contributed by atoms with Crippen LogP contribution >= 0.6 is 0 Å². The number of carbonyl (C=O) groups excluding carboxylic acids is 2. The van der Waals surface area contributed by atoms with E-state index in [1.165, 1.54) is 18.1 Å². The lowest BCUT2D eigenvalue weighted by molar-refractivity contribution is -0.159. The maximum absolute atomic E-state index is 11.6. The van der Waals surface area contributed by atoms with E-state index in [1.54, 1.807) is 0 Å². The fourth-order valence-electron chi connectivity index (χ4n) is 3.07. The second-order valence-corrected chi connectivity index (χ2v) is 6.17. The van der Waals surface area contributed by atoms with Crippen LogP contribution in [-0.2, 0) is 14.3 Å². The van der Waals surface area contributed by atoms with Gasteiger partial charge in [0.05, 0.1) is 6.04 Å². The molecule has 0 aliphatic carbocycles. The van der Waals surface area contributed by atoms with Gasteiger partial charge in [0.25, 0.3) is 0 Å². The first-order valence-corrected chi connectivity index (χ1v) is 8.16. The second-order valence-electron chi connectivity index (χ2n) is 6.17. The lowest BCUT2D eigenvalue weighted by atomic mass is 9.94. The quantitative estimate of drug-likeness (QED) is 0.606. The Balaban J connectivity index is 1.69. The summed E-state index contributed by atoms with van der Waals surface area (Å²) < 4.78 is 5.35. The maximum Gasteiger partial charge on any atom is 0.313 e. The molecule has 4 heteroatoms. The topological polar surface area (TPSA) is 46.6 Å². The molecule has 3 rings (SSSR count). The molecule has 0 atom stereocenters. The zero-order valence-electron chi connectivity index (χ0n) is 13.7. The van der Waals surface area contributed by atoms with Crippen LogP contribution in [0.3, 0.4) is 0 Å². The van der Waals surface area contributed by atoms with E-state index in [9.17, 15) is 9.59 Å². The van der Waals surface area contributed by atoms with Crippen molar-refractivity contribution >= 4 is 11.8 Å². The van der Waals surface area contributed by atoms with Crippen LogP contribution in [0.1, 0.15) is 30.5 Å². The Bertz CT molecular complexity index is 654. The molecule has 1 heterocycles. The van der Waals surface area contributed by atoms with Crippen molar-refractivity contribution < 1.29 is 14.3 Å². The summed E-state index contributed by atoms with van der Waals surface area (Å²) in [4.78, 5) is 24.9. The number of ketones is 1. The van der Waals surface area contributed by atoms with Gasteiger partial charge >= 0.3 is 5.97 Å². The zero-order valence-corrected chi connectivity index (χ0v) is 13.7. The van der Waals surface area contributed by atoms with E-state index in [1.807, 2.05) is 36.4 Å². The van der Waals surface area contributed by atoms with Crippen LogP contribution in [0.2, 0.25) is 0 Å². The molecule has 0 aromatic heterocycles. The molecule has 0 amide bonds. The minimum absolute atomic E-state index is 0.133.